The van der Waals surface area contributed by atoms with Crippen molar-refractivity contribution in [1.82, 2.24) is 0 Å². The molecule has 1 aliphatic rings. The molecule has 2 aromatic carbocycles. The van der Waals surface area contributed by atoms with E-state index < -0.39 is 0 Å². The van der Waals surface area contributed by atoms with Crippen LogP contribution < -0.4 is 14.4 Å². The van der Waals surface area contributed by atoms with Crippen molar-refractivity contribution in [1.29, 1.82) is 0 Å². The zero-order chi connectivity index (χ0) is 20.3. The number of benzene rings is 2. The third kappa shape index (κ3) is 4.52. The topological polar surface area (TPSA) is 38.8 Å². The molecule has 1 saturated heterocycles. The fraction of sp³-hybridized carbons (Fsp3) is 0.238. The fourth-order valence-corrected chi connectivity index (χ4v) is 4.69. The highest BCUT2D eigenvalue weighted by Gasteiger charge is 2.33. The van der Waals surface area contributed by atoms with Crippen molar-refractivity contribution in [3.63, 3.8) is 0 Å². The van der Waals surface area contributed by atoms with Crippen LogP contribution in [0, 0.1) is 3.57 Å². The third-order valence-electron chi connectivity index (χ3n) is 4.25. The molecule has 1 aliphatic heterocycles. The number of halogens is 1. The molecule has 1 heterocycles. The van der Waals surface area contributed by atoms with E-state index in [4.69, 9.17) is 21.7 Å². The Kier molecular flexibility index (Phi) is 7.00. The predicted molar refractivity (Wildman–Crippen MR) is 128 cm³/mol. The average molecular weight is 525 g/mol. The summed E-state index contributed by atoms with van der Waals surface area (Å²) in [6.07, 6.45) is 2.85. The van der Waals surface area contributed by atoms with Crippen LogP contribution in [-0.4, -0.2) is 23.4 Å². The minimum absolute atomic E-state index is 0.0930. The van der Waals surface area contributed by atoms with Gasteiger partial charge in [-0.3, -0.25) is 9.69 Å². The van der Waals surface area contributed by atoms with E-state index >= 15 is 0 Å². The summed E-state index contributed by atoms with van der Waals surface area (Å²) in [6, 6.07) is 13.3. The first-order valence-corrected chi connectivity index (χ1v) is 11.1. The van der Waals surface area contributed by atoms with Crippen LogP contribution in [0.25, 0.3) is 6.08 Å². The number of carbonyl (C=O) groups excluding carboxylic acids is 1. The van der Waals surface area contributed by atoms with Gasteiger partial charge in [-0.05, 0) is 71.8 Å². The van der Waals surface area contributed by atoms with Crippen molar-refractivity contribution in [2.75, 3.05) is 12.0 Å². The van der Waals surface area contributed by atoms with Gasteiger partial charge in [0, 0.05) is 0 Å². The predicted octanol–water partition coefficient (Wildman–Crippen LogP) is 5.88. The molecular formula is C21H20INO3S2. The number of para-hydroxylation sites is 1. The summed E-state index contributed by atoms with van der Waals surface area (Å²) < 4.78 is 13.0. The Morgan fingerprint density at radius 1 is 1.29 bits per heavy atom. The van der Waals surface area contributed by atoms with Crippen molar-refractivity contribution in [3.05, 3.63) is 56.5 Å². The number of rotatable bonds is 6. The molecule has 7 heteroatoms. The summed E-state index contributed by atoms with van der Waals surface area (Å²) in [6.45, 7) is 4.10. The lowest BCUT2D eigenvalue weighted by Gasteiger charge is -2.17. The van der Waals surface area contributed by atoms with E-state index in [0.717, 1.165) is 27.0 Å². The highest BCUT2D eigenvalue weighted by Crippen LogP contribution is 2.39. The van der Waals surface area contributed by atoms with Crippen LogP contribution in [0.4, 0.5) is 5.69 Å². The Balaban J connectivity index is 1.92. The first kappa shape index (κ1) is 21.1. The molecule has 1 fully saturated rings. The normalized spacial score (nSPS) is 16.6. The van der Waals surface area contributed by atoms with Gasteiger partial charge in [0.25, 0.3) is 5.91 Å². The quantitative estimate of drug-likeness (QED) is 0.268. The molecule has 0 aromatic heterocycles. The summed E-state index contributed by atoms with van der Waals surface area (Å²) in [5.41, 5.74) is 1.64. The molecule has 0 radical (unpaired) electrons. The molecule has 2 aromatic rings. The molecule has 0 unspecified atom stereocenters. The Bertz CT molecular complexity index is 931. The summed E-state index contributed by atoms with van der Waals surface area (Å²) in [7, 11) is 1.62. The van der Waals surface area contributed by atoms with Crippen LogP contribution in [0.2, 0.25) is 0 Å². The average Bonchev–Trinajstić information content (AvgIpc) is 2.97. The van der Waals surface area contributed by atoms with Crippen molar-refractivity contribution in [2.45, 2.75) is 26.4 Å². The number of nitrogens with zero attached hydrogens (tertiary/aromatic N) is 1. The lowest BCUT2D eigenvalue weighted by atomic mass is 10.1. The first-order valence-electron chi connectivity index (χ1n) is 8.81. The Morgan fingerprint density at radius 3 is 2.64 bits per heavy atom. The molecule has 3 rings (SSSR count). The molecule has 146 valence electrons. The number of anilines is 1. The Morgan fingerprint density at radius 2 is 2.00 bits per heavy atom. The largest absolute Gasteiger partial charge is 0.493 e. The Labute approximate surface area is 188 Å². The highest BCUT2D eigenvalue weighted by atomic mass is 127. The van der Waals surface area contributed by atoms with Gasteiger partial charge in [0.2, 0.25) is 0 Å². The van der Waals surface area contributed by atoms with Crippen molar-refractivity contribution >= 4 is 68.6 Å². The lowest BCUT2D eigenvalue weighted by Crippen LogP contribution is -2.27. The molecule has 4 nitrogen and oxygen atoms in total. The molecule has 0 N–H and O–H groups in total. The van der Waals surface area contributed by atoms with Gasteiger partial charge in [0.05, 0.1) is 27.4 Å². The number of hydrogen-bond donors (Lipinski definition) is 0. The van der Waals surface area contributed by atoms with Crippen LogP contribution in [0.5, 0.6) is 11.5 Å². The molecule has 1 amide bonds. The van der Waals surface area contributed by atoms with E-state index in [2.05, 4.69) is 29.5 Å². The molecule has 0 bridgehead atoms. The summed E-state index contributed by atoms with van der Waals surface area (Å²) >= 11 is 8.97. The smallest absolute Gasteiger partial charge is 0.270 e. The summed E-state index contributed by atoms with van der Waals surface area (Å²) in [4.78, 5) is 15.1. The van der Waals surface area contributed by atoms with Crippen molar-refractivity contribution in [3.8, 4) is 11.5 Å². The van der Waals surface area contributed by atoms with Crippen LogP contribution in [0.1, 0.15) is 25.8 Å². The zero-order valence-corrected chi connectivity index (χ0v) is 19.6. The van der Waals surface area contributed by atoms with Gasteiger partial charge < -0.3 is 9.47 Å². The number of methoxy groups -OCH3 is 1. The van der Waals surface area contributed by atoms with Crippen molar-refractivity contribution in [2.24, 2.45) is 0 Å². The number of hydrogen-bond acceptors (Lipinski definition) is 5. The molecule has 1 atom stereocenters. The molecule has 0 saturated carbocycles. The van der Waals surface area contributed by atoms with Gasteiger partial charge >= 0.3 is 0 Å². The van der Waals surface area contributed by atoms with Gasteiger partial charge in [0.15, 0.2) is 15.8 Å². The minimum atomic E-state index is -0.116. The number of carbonyl (C=O) groups is 1. The van der Waals surface area contributed by atoms with Gasteiger partial charge in [-0.2, -0.15) is 0 Å². The highest BCUT2D eigenvalue weighted by molar-refractivity contribution is 14.1. The van der Waals surface area contributed by atoms with Crippen LogP contribution in [-0.2, 0) is 4.79 Å². The van der Waals surface area contributed by atoms with Crippen LogP contribution >= 0.6 is 46.6 Å². The van der Waals surface area contributed by atoms with Gasteiger partial charge in [0.1, 0.15) is 0 Å². The Hall–Kier alpha value is -1.58. The maximum atomic E-state index is 12.9. The van der Waals surface area contributed by atoms with Gasteiger partial charge in [-0.15, -0.1) is 0 Å². The number of ether oxygens (including phenoxy) is 2. The van der Waals surface area contributed by atoms with Crippen LogP contribution in [0.15, 0.2) is 47.4 Å². The van der Waals surface area contributed by atoms with Gasteiger partial charge in [-0.1, -0.05) is 49.1 Å². The summed E-state index contributed by atoms with van der Waals surface area (Å²) in [5.74, 6) is 1.26. The van der Waals surface area contributed by atoms with E-state index in [1.54, 1.807) is 12.0 Å². The standard InChI is InChI=1S/C21H20INO3S2/c1-4-13(2)26-19-16(22)10-14(11-17(19)25-3)12-18-20(24)23(21(27)28-18)15-8-6-5-7-9-15/h5-13H,4H2,1-3H3/b18-12+/t13-/m1/s1. The third-order valence-corrected chi connectivity index (χ3v) is 6.36. The number of thiocarbonyl (C=S) groups is 1. The zero-order valence-electron chi connectivity index (χ0n) is 15.8. The molecule has 0 spiro atoms. The van der Waals surface area contributed by atoms with Crippen molar-refractivity contribution < 1.29 is 14.3 Å². The number of amides is 1. The van der Waals surface area contributed by atoms with E-state index in [0.29, 0.717) is 15.0 Å². The van der Waals surface area contributed by atoms with E-state index in [1.807, 2.05) is 55.5 Å². The molecular weight excluding hydrogens is 505 g/mol. The van der Waals surface area contributed by atoms with Crippen LogP contribution in [0.3, 0.4) is 0 Å². The number of thioether (sulfide) groups is 1. The van der Waals surface area contributed by atoms with E-state index in [9.17, 15) is 4.79 Å². The monoisotopic (exact) mass is 525 g/mol. The van der Waals surface area contributed by atoms with Gasteiger partial charge in [-0.25, -0.2) is 0 Å². The minimum Gasteiger partial charge on any atom is -0.493 e. The SMILES string of the molecule is CC[C@@H](C)Oc1c(I)cc(/C=C2/SC(=S)N(c3ccccc3)C2=O)cc1OC. The second kappa shape index (κ2) is 9.28. The van der Waals surface area contributed by atoms with E-state index in [-0.39, 0.29) is 12.0 Å². The second-order valence-electron chi connectivity index (χ2n) is 6.22. The maximum absolute atomic E-state index is 12.9. The lowest BCUT2D eigenvalue weighted by molar-refractivity contribution is -0.113. The second-order valence-corrected chi connectivity index (χ2v) is 9.06. The first-order chi connectivity index (χ1) is 13.4. The molecule has 0 aliphatic carbocycles. The van der Waals surface area contributed by atoms with E-state index in [1.165, 1.54) is 11.8 Å². The fourth-order valence-electron chi connectivity index (χ4n) is 2.64. The maximum Gasteiger partial charge on any atom is 0.270 e. The summed E-state index contributed by atoms with van der Waals surface area (Å²) in [5, 5.41) is 0. The molecule has 28 heavy (non-hydrogen) atoms.